The van der Waals surface area contributed by atoms with E-state index in [2.05, 4.69) is 29.4 Å². The zero-order valence-electron chi connectivity index (χ0n) is 11.0. The Kier molecular flexibility index (Phi) is 5.88. The van der Waals surface area contributed by atoms with Crippen molar-refractivity contribution in [1.82, 2.24) is 15.5 Å². The minimum absolute atomic E-state index is 0.208. The van der Waals surface area contributed by atoms with Crippen LogP contribution in [-0.4, -0.2) is 60.8 Å². The van der Waals surface area contributed by atoms with E-state index in [1.165, 1.54) is 0 Å². The van der Waals surface area contributed by atoms with Gasteiger partial charge in [-0.05, 0) is 19.5 Å². The summed E-state index contributed by atoms with van der Waals surface area (Å²) in [4.78, 5) is 13.2. The highest BCUT2D eigenvalue weighted by Gasteiger charge is 2.38. The fourth-order valence-electron chi connectivity index (χ4n) is 2.25. The van der Waals surface area contributed by atoms with Crippen molar-refractivity contribution >= 4 is 5.97 Å². The molecule has 1 rings (SSSR count). The van der Waals surface area contributed by atoms with Gasteiger partial charge in [-0.1, -0.05) is 13.8 Å². The van der Waals surface area contributed by atoms with Crippen LogP contribution in [0.4, 0.5) is 0 Å². The molecular weight excluding hydrogens is 218 g/mol. The maximum Gasteiger partial charge on any atom is 0.305 e. The number of likely N-dealkylation sites (N-methyl/N-ethyl adjacent to an activating group) is 1. The lowest BCUT2D eigenvalue weighted by atomic mass is 9.88. The lowest BCUT2D eigenvalue weighted by molar-refractivity contribution is -0.139. The number of carboxylic acids is 1. The minimum atomic E-state index is -0.722. The Morgan fingerprint density at radius 2 is 2.12 bits per heavy atom. The predicted octanol–water partition coefficient (Wildman–Crippen LogP) is 0.125. The van der Waals surface area contributed by atoms with E-state index in [-0.39, 0.29) is 12.0 Å². The van der Waals surface area contributed by atoms with Crippen LogP contribution in [0.1, 0.15) is 26.7 Å². The molecule has 100 valence electrons. The van der Waals surface area contributed by atoms with E-state index in [0.29, 0.717) is 0 Å². The highest BCUT2D eigenvalue weighted by Crippen LogP contribution is 2.15. The largest absolute Gasteiger partial charge is 0.481 e. The van der Waals surface area contributed by atoms with Crippen molar-refractivity contribution in [2.75, 3.05) is 39.3 Å². The molecule has 17 heavy (non-hydrogen) atoms. The standard InChI is InChI=1S/C12H25N3O2/c1-3-6-15(4-2)7-5-14-12(8-11(16)17)9-13-10-12/h13-14H,3-10H2,1-2H3,(H,16,17). The van der Waals surface area contributed by atoms with Crippen LogP contribution >= 0.6 is 0 Å². The number of nitrogens with one attached hydrogen (secondary N) is 2. The quantitative estimate of drug-likeness (QED) is 0.537. The van der Waals surface area contributed by atoms with Crippen LogP contribution in [-0.2, 0) is 4.79 Å². The maximum atomic E-state index is 10.8. The first-order chi connectivity index (χ1) is 8.12. The second kappa shape index (κ2) is 6.93. The Labute approximate surface area is 104 Å². The summed E-state index contributed by atoms with van der Waals surface area (Å²) in [5.74, 6) is -0.722. The molecule has 0 aromatic carbocycles. The first-order valence-electron chi connectivity index (χ1n) is 6.52. The van der Waals surface area contributed by atoms with Gasteiger partial charge in [0.1, 0.15) is 0 Å². The van der Waals surface area contributed by atoms with E-state index >= 15 is 0 Å². The summed E-state index contributed by atoms with van der Waals surface area (Å²) in [6.45, 7) is 9.89. The Balaban J connectivity index is 2.25. The van der Waals surface area contributed by atoms with Gasteiger partial charge < -0.3 is 20.6 Å². The lowest BCUT2D eigenvalue weighted by Crippen LogP contribution is -2.69. The van der Waals surface area contributed by atoms with Gasteiger partial charge in [0.05, 0.1) is 12.0 Å². The number of aliphatic carboxylic acids is 1. The number of nitrogens with zero attached hydrogens (tertiary/aromatic N) is 1. The Morgan fingerprint density at radius 3 is 2.53 bits per heavy atom. The van der Waals surface area contributed by atoms with Crippen molar-refractivity contribution < 1.29 is 9.90 Å². The van der Waals surface area contributed by atoms with Crippen LogP contribution in [0, 0.1) is 0 Å². The van der Waals surface area contributed by atoms with E-state index in [1.54, 1.807) is 0 Å². The van der Waals surface area contributed by atoms with Crippen LogP contribution in [0.25, 0.3) is 0 Å². The van der Waals surface area contributed by atoms with Gasteiger partial charge in [0.25, 0.3) is 0 Å². The first kappa shape index (κ1) is 14.4. The van der Waals surface area contributed by atoms with Crippen LogP contribution in [0.2, 0.25) is 0 Å². The molecule has 0 amide bonds. The number of rotatable bonds is 9. The minimum Gasteiger partial charge on any atom is -0.481 e. The summed E-state index contributed by atoms with van der Waals surface area (Å²) in [6, 6.07) is 0. The topological polar surface area (TPSA) is 64.6 Å². The van der Waals surface area contributed by atoms with Gasteiger partial charge in [-0.25, -0.2) is 0 Å². The monoisotopic (exact) mass is 243 g/mol. The fraction of sp³-hybridized carbons (Fsp3) is 0.917. The van der Waals surface area contributed by atoms with Crippen LogP contribution in [0.5, 0.6) is 0 Å². The molecule has 1 aliphatic rings. The molecule has 0 aromatic rings. The van der Waals surface area contributed by atoms with Gasteiger partial charge in [-0.3, -0.25) is 4.79 Å². The van der Waals surface area contributed by atoms with Gasteiger partial charge in [-0.2, -0.15) is 0 Å². The molecule has 1 fully saturated rings. The molecule has 0 aromatic heterocycles. The summed E-state index contributed by atoms with van der Waals surface area (Å²) in [6.07, 6.45) is 1.37. The molecule has 0 spiro atoms. The third-order valence-electron chi connectivity index (χ3n) is 3.33. The Hall–Kier alpha value is -0.650. The van der Waals surface area contributed by atoms with E-state index in [0.717, 1.165) is 45.7 Å². The smallest absolute Gasteiger partial charge is 0.305 e. The molecule has 0 bridgehead atoms. The second-order valence-corrected chi connectivity index (χ2v) is 4.82. The molecular formula is C12H25N3O2. The lowest BCUT2D eigenvalue weighted by Gasteiger charge is -2.43. The predicted molar refractivity (Wildman–Crippen MR) is 68.3 cm³/mol. The summed E-state index contributed by atoms with van der Waals surface area (Å²) >= 11 is 0. The van der Waals surface area contributed by atoms with E-state index in [1.807, 2.05) is 0 Å². The fourth-order valence-corrected chi connectivity index (χ4v) is 2.25. The molecule has 5 nitrogen and oxygen atoms in total. The molecule has 1 aliphatic heterocycles. The molecule has 1 saturated heterocycles. The molecule has 0 unspecified atom stereocenters. The number of hydrogen-bond acceptors (Lipinski definition) is 4. The summed E-state index contributed by atoms with van der Waals surface area (Å²) < 4.78 is 0. The normalized spacial score (nSPS) is 18.1. The van der Waals surface area contributed by atoms with E-state index in [4.69, 9.17) is 5.11 Å². The van der Waals surface area contributed by atoms with Crippen molar-refractivity contribution in [1.29, 1.82) is 0 Å². The molecule has 1 heterocycles. The van der Waals surface area contributed by atoms with Gasteiger partial charge in [-0.15, -0.1) is 0 Å². The van der Waals surface area contributed by atoms with Crippen molar-refractivity contribution in [3.8, 4) is 0 Å². The van der Waals surface area contributed by atoms with Crippen LogP contribution in [0.15, 0.2) is 0 Å². The highest BCUT2D eigenvalue weighted by atomic mass is 16.4. The third-order valence-corrected chi connectivity index (χ3v) is 3.33. The average Bonchev–Trinajstić information content (AvgIpc) is 2.23. The summed E-state index contributed by atoms with van der Waals surface area (Å²) in [7, 11) is 0. The van der Waals surface area contributed by atoms with Crippen molar-refractivity contribution in [2.24, 2.45) is 0 Å². The zero-order valence-corrected chi connectivity index (χ0v) is 11.0. The Morgan fingerprint density at radius 1 is 1.41 bits per heavy atom. The highest BCUT2D eigenvalue weighted by molar-refractivity contribution is 5.68. The molecule has 3 N–H and O–H groups in total. The molecule has 0 saturated carbocycles. The average molecular weight is 243 g/mol. The van der Waals surface area contributed by atoms with Crippen LogP contribution < -0.4 is 10.6 Å². The first-order valence-corrected chi connectivity index (χ1v) is 6.52. The van der Waals surface area contributed by atoms with Crippen LogP contribution in [0.3, 0.4) is 0 Å². The van der Waals surface area contributed by atoms with Crippen molar-refractivity contribution in [2.45, 2.75) is 32.2 Å². The molecule has 5 heteroatoms. The second-order valence-electron chi connectivity index (χ2n) is 4.82. The van der Waals surface area contributed by atoms with E-state index in [9.17, 15) is 4.79 Å². The van der Waals surface area contributed by atoms with Crippen molar-refractivity contribution in [3.63, 3.8) is 0 Å². The van der Waals surface area contributed by atoms with Crippen molar-refractivity contribution in [3.05, 3.63) is 0 Å². The van der Waals surface area contributed by atoms with E-state index < -0.39 is 5.97 Å². The van der Waals surface area contributed by atoms with Gasteiger partial charge >= 0.3 is 5.97 Å². The zero-order chi connectivity index (χ0) is 12.7. The molecule has 0 atom stereocenters. The van der Waals surface area contributed by atoms with Gasteiger partial charge in [0.2, 0.25) is 0 Å². The third kappa shape index (κ3) is 4.61. The van der Waals surface area contributed by atoms with Gasteiger partial charge in [0, 0.05) is 26.2 Å². The van der Waals surface area contributed by atoms with Gasteiger partial charge in [0.15, 0.2) is 0 Å². The summed E-state index contributed by atoms with van der Waals surface area (Å²) in [5.41, 5.74) is -0.211. The number of carboxylic acid groups (broad SMARTS) is 1. The summed E-state index contributed by atoms with van der Waals surface area (Å²) in [5, 5.41) is 15.4. The maximum absolute atomic E-state index is 10.8. The molecule has 0 aliphatic carbocycles. The Bertz CT molecular complexity index is 242. The SMILES string of the molecule is CCCN(CC)CCNC1(CC(=O)O)CNC1. The number of hydrogen-bond donors (Lipinski definition) is 3. The molecule has 0 radical (unpaired) electrons. The number of carbonyl (C=O) groups is 1.